The molecule has 1 N–H and O–H groups in total. The largest absolute Gasteiger partial charge is 0.507 e. The Morgan fingerprint density at radius 1 is 1.05 bits per heavy atom. The van der Waals surface area contributed by atoms with Crippen LogP contribution >= 0.6 is 11.3 Å². The molecule has 0 spiro atoms. The van der Waals surface area contributed by atoms with E-state index in [1.807, 2.05) is 31.2 Å². The first-order valence-corrected chi connectivity index (χ1v) is 14.0. The lowest BCUT2D eigenvalue weighted by Gasteiger charge is -2.25. The topological polar surface area (TPSA) is 106 Å². The third-order valence-corrected chi connectivity index (χ3v) is 7.89. The average molecular weight is 563 g/mol. The van der Waals surface area contributed by atoms with Gasteiger partial charge in [0.05, 0.1) is 30.5 Å². The number of aryl methyl sites for hydroxylation is 2. The molecule has 0 bridgehead atoms. The minimum atomic E-state index is -0.958. The molecule has 1 unspecified atom stereocenters. The Labute approximate surface area is 238 Å². The van der Waals surface area contributed by atoms with Gasteiger partial charge in [-0.3, -0.25) is 14.5 Å². The van der Waals surface area contributed by atoms with Crippen LogP contribution in [0.2, 0.25) is 0 Å². The van der Waals surface area contributed by atoms with Gasteiger partial charge >= 0.3 is 11.9 Å². The molecule has 210 valence electrons. The summed E-state index contributed by atoms with van der Waals surface area (Å²) in [6, 6.07) is 11.8. The van der Waals surface area contributed by atoms with Gasteiger partial charge in [-0.05, 0) is 68.0 Å². The first kappa shape index (κ1) is 29.0. The quantitative estimate of drug-likeness (QED) is 0.157. The lowest BCUT2D eigenvalue weighted by molar-refractivity contribution is -0.132. The van der Waals surface area contributed by atoms with E-state index in [1.54, 1.807) is 39.0 Å². The Hall–Kier alpha value is -3.98. The van der Waals surface area contributed by atoms with Gasteiger partial charge in [-0.2, -0.15) is 0 Å². The fourth-order valence-electron chi connectivity index (χ4n) is 4.69. The number of thiazole rings is 1. The minimum absolute atomic E-state index is 0.0497. The van der Waals surface area contributed by atoms with Crippen molar-refractivity contribution < 1.29 is 29.0 Å². The van der Waals surface area contributed by atoms with Gasteiger partial charge in [0.2, 0.25) is 0 Å². The number of hydrogen-bond donors (Lipinski definition) is 1. The number of benzene rings is 2. The number of aliphatic hydroxyl groups is 1. The molecule has 0 radical (unpaired) electrons. The van der Waals surface area contributed by atoms with Gasteiger partial charge in [0.1, 0.15) is 16.4 Å². The molecule has 2 heterocycles. The van der Waals surface area contributed by atoms with Gasteiger partial charge in [0, 0.05) is 5.56 Å². The fraction of sp³-hybridized carbons (Fsp3) is 0.355. The first-order chi connectivity index (χ1) is 18.9. The Bertz CT molecular complexity index is 1500. The molecule has 1 aliphatic rings. The zero-order chi connectivity index (χ0) is 29.4. The standard InChI is InChI=1S/C31H34N2O6S/c1-8-38-21-14-15-22(17(3)16-21)25(34)23-24(19-10-12-20(13-11-19)31(5,6)7)33(28(36)26(23)35)30-32-18(4)27(40-30)29(37)39-9-2/h10-16,24,34H,8-9H2,1-7H3/b25-23+. The molecule has 40 heavy (non-hydrogen) atoms. The van der Waals surface area contributed by atoms with Crippen LogP contribution in [0.25, 0.3) is 5.76 Å². The highest BCUT2D eigenvalue weighted by molar-refractivity contribution is 7.17. The van der Waals surface area contributed by atoms with Gasteiger partial charge in [0.15, 0.2) is 5.13 Å². The molecule has 1 aromatic heterocycles. The molecular formula is C31H34N2O6S. The Morgan fingerprint density at radius 3 is 2.30 bits per heavy atom. The molecule has 3 aromatic rings. The number of carbonyl (C=O) groups excluding carboxylic acids is 3. The SMILES string of the molecule is CCOC(=O)c1sc(N2C(=O)C(=O)/C(=C(/O)c3ccc(OCC)cc3C)C2c2ccc(C(C)(C)C)cc2)nc1C. The number of esters is 1. The van der Waals surface area contributed by atoms with Crippen LogP contribution in [0.5, 0.6) is 5.75 Å². The molecule has 1 saturated heterocycles. The Morgan fingerprint density at radius 2 is 1.73 bits per heavy atom. The van der Waals surface area contributed by atoms with Gasteiger partial charge < -0.3 is 14.6 Å². The second-order valence-corrected chi connectivity index (χ2v) is 11.6. The van der Waals surface area contributed by atoms with Crippen LogP contribution in [-0.4, -0.2) is 41.0 Å². The second kappa shape index (κ2) is 11.3. The number of hydrogen-bond acceptors (Lipinski definition) is 8. The molecule has 0 saturated carbocycles. The van der Waals surface area contributed by atoms with Crippen LogP contribution in [0, 0.1) is 13.8 Å². The number of rotatable bonds is 7. The summed E-state index contributed by atoms with van der Waals surface area (Å²) in [5.74, 6) is -1.86. The van der Waals surface area contributed by atoms with E-state index >= 15 is 0 Å². The van der Waals surface area contributed by atoms with Crippen molar-refractivity contribution in [2.24, 2.45) is 0 Å². The number of ketones is 1. The third-order valence-electron chi connectivity index (χ3n) is 6.75. The second-order valence-electron chi connectivity index (χ2n) is 10.6. The number of nitrogens with zero attached hydrogens (tertiary/aromatic N) is 2. The van der Waals surface area contributed by atoms with Crippen molar-refractivity contribution in [2.75, 3.05) is 18.1 Å². The Kier molecular flexibility index (Phi) is 8.16. The monoisotopic (exact) mass is 562 g/mol. The number of amides is 1. The summed E-state index contributed by atoms with van der Waals surface area (Å²) in [4.78, 5) is 45.6. The van der Waals surface area contributed by atoms with E-state index in [4.69, 9.17) is 9.47 Å². The van der Waals surface area contributed by atoms with Crippen LogP contribution in [0.3, 0.4) is 0 Å². The lowest BCUT2D eigenvalue weighted by Crippen LogP contribution is -2.29. The van der Waals surface area contributed by atoms with E-state index in [2.05, 4.69) is 25.8 Å². The van der Waals surface area contributed by atoms with E-state index < -0.39 is 23.7 Å². The molecule has 1 atom stereocenters. The first-order valence-electron chi connectivity index (χ1n) is 13.2. The van der Waals surface area contributed by atoms with Crippen molar-refractivity contribution in [3.05, 3.63) is 80.9 Å². The highest BCUT2D eigenvalue weighted by Crippen LogP contribution is 2.44. The number of Topliss-reactive ketones (excluding diaryl/α,β-unsaturated/α-hetero) is 1. The highest BCUT2D eigenvalue weighted by Gasteiger charge is 2.48. The summed E-state index contributed by atoms with van der Waals surface area (Å²) in [6.07, 6.45) is 0. The summed E-state index contributed by atoms with van der Waals surface area (Å²) < 4.78 is 10.7. The summed E-state index contributed by atoms with van der Waals surface area (Å²) >= 11 is 0.983. The number of ether oxygens (including phenoxy) is 2. The summed E-state index contributed by atoms with van der Waals surface area (Å²) in [5, 5.41) is 11.7. The van der Waals surface area contributed by atoms with Crippen LogP contribution in [0.15, 0.2) is 48.0 Å². The Balaban J connectivity index is 1.92. The average Bonchev–Trinajstić information content (AvgIpc) is 3.40. The van der Waals surface area contributed by atoms with E-state index in [0.717, 1.165) is 16.9 Å². The van der Waals surface area contributed by atoms with Crippen molar-refractivity contribution in [1.82, 2.24) is 4.98 Å². The van der Waals surface area contributed by atoms with Gasteiger partial charge in [-0.1, -0.05) is 56.4 Å². The van der Waals surface area contributed by atoms with Gasteiger partial charge in [-0.15, -0.1) is 0 Å². The fourth-order valence-corrected chi connectivity index (χ4v) is 5.67. The number of carbonyl (C=O) groups is 3. The van der Waals surface area contributed by atoms with Crippen LogP contribution < -0.4 is 9.64 Å². The molecule has 0 aliphatic carbocycles. The maximum Gasteiger partial charge on any atom is 0.350 e. The van der Waals surface area contributed by atoms with E-state index in [-0.39, 0.29) is 33.4 Å². The lowest BCUT2D eigenvalue weighted by atomic mass is 9.85. The minimum Gasteiger partial charge on any atom is -0.507 e. The summed E-state index contributed by atoms with van der Waals surface area (Å²) in [5.41, 5.74) is 3.04. The maximum atomic E-state index is 13.6. The van der Waals surface area contributed by atoms with E-state index in [0.29, 0.717) is 34.7 Å². The van der Waals surface area contributed by atoms with Crippen molar-refractivity contribution in [3.8, 4) is 5.75 Å². The molecule has 1 amide bonds. The van der Waals surface area contributed by atoms with Crippen LogP contribution in [0.4, 0.5) is 5.13 Å². The number of aromatic nitrogens is 1. The van der Waals surface area contributed by atoms with Crippen molar-refractivity contribution in [1.29, 1.82) is 0 Å². The smallest absolute Gasteiger partial charge is 0.350 e. The van der Waals surface area contributed by atoms with Crippen molar-refractivity contribution >= 4 is 39.9 Å². The zero-order valence-electron chi connectivity index (χ0n) is 23.8. The van der Waals surface area contributed by atoms with Crippen LogP contribution in [0.1, 0.15) is 78.3 Å². The van der Waals surface area contributed by atoms with Crippen molar-refractivity contribution in [3.63, 3.8) is 0 Å². The normalized spacial score (nSPS) is 16.9. The van der Waals surface area contributed by atoms with Crippen LogP contribution in [-0.2, 0) is 19.7 Å². The van der Waals surface area contributed by atoms with E-state index in [9.17, 15) is 19.5 Å². The molecular weight excluding hydrogens is 528 g/mol. The molecule has 9 heteroatoms. The predicted molar refractivity (Wildman–Crippen MR) is 155 cm³/mol. The van der Waals surface area contributed by atoms with Gasteiger partial charge in [-0.25, -0.2) is 9.78 Å². The third kappa shape index (κ3) is 5.38. The highest BCUT2D eigenvalue weighted by atomic mass is 32.1. The van der Waals surface area contributed by atoms with Crippen molar-refractivity contribution in [2.45, 2.75) is 59.9 Å². The predicted octanol–water partition coefficient (Wildman–Crippen LogP) is 6.26. The summed E-state index contributed by atoms with van der Waals surface area (Å²) in [6.45, 7) is 14.0. The molecule has 2 aromatic carbocycles. The van der Waals surface area contributed by atoms with E-state index in [1.165, 1.54) is 4.90 Å². The molecule has 4 rings (SSSR count). The number of aliphatic hydroxyl groups excluding tert-OH is 1. The number of anilines is 1. The molecule has 8 nitrogen and oxygen atoms in total. The molecule has 1 fully saturated rings. The summed E-state index contributed by atoms with van der Waals surface area (Å²) in [7, 11) is 0. The maximum absolute atomic E-state index is 13.6. The zero-order valence-corrected chi connectivity index (χ0v) is 24.6. The van der Waals surface area contributed by atoms with Gasteiger partial charge in [0.25, 0.3) is 5.78 Å². The molecule has 1 aliphatic heterocycles.